The smallest absolute Gasteiger partial charge is 0.105 e. The van der Waals surface area contributed by atoms with Crippen molar-refractivity contribution in [1.29, 1.82) is 0 Å². The lowest BCUT2D eigenvalue weighted by molar-refractivity contribution is 0.486. The SMILES string of the molecule is NC(Cc1ccco1)c1ccc(Br)cn1. The van der Waals surface area contributed by atoms with E-state index in [1.807, 2.05) is 24.3 Å². The van der Waals surface area contributed by atoms with Gasteiger partial charge in [-0.2, -0.15) is 0 Å². The van der Waals surface area contributed by atoms with Gasteiger partial charge in [0.2, 0.25) is 0 Å². The number of pyridine rings is 1. The lowest BCUT2D eigenvalue weighted by Crippen LogP contribution is -2.14. The van der Waals surface area contributed by atoms with E-state index in [2.05, 4.69) is 20.9 Å². The normalized spacial score (nSPS) is 12.7. The first kappa shape index (κ1) is 10.4. The third-order valence-corrected chi connectivity index (χ3v) is 2.60. The molecule has 3 nitrogen and oxygen atoms in total. The minimum absolute atomic E-state index is 0.121. The number of halogens is 1. The molecule has 0 aliphatic heterocycles. The molecule has 0 aliphatic carbocycles. The molecule has 0 aromatic carbocycles. The molecule has 0 saturated carbocycles. The second-order valence-corrected chi connectivity index (χ2v) is 4.21. The Hall–Kier alpha value is -1.13. The van der Waals surface area contributed by atoms with Crippen molar-refractivity contribution in [2.24, 2.45) is 5.73 Å². The van der Waals surface area contributed by atoms with Crippen LogP contribution in [0.2, 0.25) is 0 Å². The van der Waals surface area contributed by atoms with Crippen LogP contribution in [0.3, 0.4) is 0 Å². The molecule has 2 aromatic heterocycles. The molecule has 2 aromatic rings. The molecule has 0 spiro atoms. The zero-order chi connectivity index (χ0) is 10.7. The maximum Gasteiger partial charge on any atom is 0.105 e. The summed E-state index contributed by atoms with van der Waals surface area (Å²) in [6, 6.07) is 7.50. The second-order valence-electron chi connectivity index (χ2n) is 3.29. The monoisotopic (exact) mass is 266 g/mol. The Morgan fingerprint density at radius 1 is 1.40 bits per heavy atom. The number of hydrogen-bond acceptors (Lipinski definition) is 3. The fourth-order valence-corrected chi connectivity index (χ4v) is 1.59. The van der Waals surface area contributed by atoms with E-state index in [0.29, 0.717) is 6.42 Å². The number of furan rings is 1. The highest BCUT2D eigenvalue weighted by Crippen LogP contribution is 2.16. The molecule has 2 N–H and O–H groups in total. The number of nitrogens with zero attached hydrogens (tertiary/aromatic N) is 1. The van der Waals surface area contributed by atoms with E-state index in [1.165, 1.54) is 0 Å². The van der Waals surface area contributed by atoms with E-state index in [-0.39, 0.29) is 6.04 Å². The molecule has 0 saturated heterocycles. The van der Waals surface area contributed by atoms with Crippen molar-refractivity contribution < 1.29 is 4.42 Å². The Kier molecular flexibility index (Phi) is 3.18. The van der Waals surface area contributed by atoms with Gasteiger partial charge < -0.3 is 10.2 Å². The summed E-state index contributed by atoms with van der Waals surface area (Å²) >= 11 is 3.33. The van der Waals surface area contributed by atoms with Gasteiger partial charge in [-0.1, -0.05) is 0 Å². The Bertz CT molecular complexity index is 411. The van der Waals surface area contributed by atoms with Crippen molar-refractivity contribution in [2.75, 3.05) is 0 Å². The van der Waals surface area contributed by atoms with E-state index in [4.69, 9.17) is 10.2 Å². The van der Waals surface area contributed by atoms with Crippen molar-refractivity contribution in [2.45, 2.75) is 12.5 Å². The van der Waals surface area contributed by atoms with Crippen LogP contribution in [0.1, 0.15) is 17.5 Å². The van der Waals surface area contributed by atoms with Gasteiger partial charge in [0.1, 0.15) is 5.76 Å². The fraction of sp³-hybridized carbons (Fsp3) is 0.182. The fourth-order valence-electron chi connectivity index (χ4n) is 1.36. The van der Waals surface area contributed by atoms with Crippen LogP contribution in [-0.4, -0.2) is 4.98 Å². The van der Waals surface area contributed by atoms with Crippen molar-refractivity contribution >= 4 is 15.9 Å². The minimum atomic E-state index is -0.121. The molecular weight excluding hydrogens is 256 g/mol. The highest BCUT2D eigenvalue weighted by atomic mass is 79.9. The average Bonchev–Trinajstić information content (AvgIpc) is 2.71. The van der Waals surface area contributed by atoms with Crippen LogP contribution in [0.5, 0.6) is 0 Å². The second kappa shape index (κ2) is 4.59. The molecule has 1 atom stereocenters. The van der Waals surface area contributed by atoms with E-state index >= 15 is 0 Å². The van der Waals surface area contributed by atoms with Gasteiger partial charge in [-0.05, 0) is 40.2 Å². The summed E-state index contributed by atoms with van der Waals surface area (Å²) in [5.41, 5.74) is 6.87. The van der Waals surface area contributed by atoms with E-state index in [9.17, 15) is 0 Å². The van der Waals surface area contributed by atoms with Gasteiger partial charge >= 0.3 is 0 Å². The lowest BCUT2D eigenvalue weighted by atomic mass is 10.1. The van der Waals surface area contributed by atoms with Gasteiger partial charge in [-0.25, -0.2) is 0 Å². The first-order valence-electron chi connectivity index (χ1n) is 4.65. The zero-order valence-corrected chi connectivity index (χ0v) is 9.65. The van der Waals surface area contributed by atoms with Crippen LogP contribution >= 0.6 is 15.9 Å². The summed E-state index contributed by atoms with van der Waals surface area (Å²) in [7, 11) is 0. The van der Waals surface area contributed by atoms with Crippen molar-refractivity contribution in [3.05, 3.63) is 52.7 Å². The van der Waals surface area contributed by atoms with E-state index in [0.717, 1.165) is 15.9 Å². The molecule has 2 heterocycles. The highest BCUT2D eigenvalue weighted by molar-refractivity contribution is 9.10. The van der Waals surface area contributed by atoms with Gasteiger partial charge in [0.25, 0.3) is 0 Å². The summed E-state index contributed by atoms with van der Waals surface area (Å²) in [5, 5.41) is 0. The topological polar surface area (TPSA) is 52.0 Å². The van der Waals surface area contributed by atoms with Crippen LogP contribution in [-0.2, 0) is 6.42 Å². The van der Waals surface area contributed by atoms with Gasteiger partial charge in [0.15, 0.2) is 0 Å². The Morgan fingerprint density at radius 3 is 2.87 bits per heavy atom. The molecule has 15 heavy (non-hydrogen) atoms. The molecule has 0 fully saturated rings. The number of nitrogens with two attached hydrogens (primary N) is 1. The zero-order valence-electron chi connectivity index (χ0n) is 8.06. The Morgan fingerprint density at radius 2 is 2.27 bits per heavy atom. The molecule has 78 valence electrons. The van der Waals surface area contributed by atoms with Crippen LogP contribution in [0.25, 0.3) is 0 Å². The molecular formula is C11H11BrN2O. The molecule has 0 aliphatic rings. The van der Waals surface area contributed by atoms with Crippen molar-refractivity contribution in [1.82, 2.24) is 4.98 Å². The van der Waals surface area contributed by atoms with Gasteiger partial charge in [0, 0.05) is 17.1 Å². The largest absolute Gasteiger partial charge is 0.469 e. The predicted molar refractivity (Wildman–Crippen MR) is 61.3 cm³/mol. The predicted octanol–water partition coefficient (Wildman–Crippen LogP) is 2.68. The summed E-state index contributed by atoms with van der Waals surface area (Å²) < 4.78 is 6.19. The Balaban J connectivity index is 2.08. The van der Waals surface area contributed by atoms with Crippen LogP contribution in [0.4, 0.5) is 0 Å². The average molecular weight is 267 g/mol. The van der Waals surface area contributed by atoms with Crippen molar-refractivity contribution in [3.63, 3.8) is 0 Å². The summed E-state index contributed by atoms with van der Waals surface area (Å²) in [6.07, 6.45) is 4.07. The third-order valence-electron chi connectivity index (χ3n) is 2.13. The standard InChI is InChI=1S/C11H11BrN2O/c12-8-3-4-11(14-7-8)10(13)6-9-2-1-5-15-9/h1-5,7,10H,6,13H2. The first-order valence-corrected chi connectivity index (χ1v) is 5.44. The maximum atomic E-state index is 6.00. The maximum absolute atomic E-state index is 6.00. The quantitative estimate of drug-likeness (QED) is 0.930. The van der Waals surface area contributed by atoms with Gasteiger partial charge in [0.05, 0.1) is 18.0 Å². The van der Waals surface area contributed by atoms with Crippen LogP contribution in [0.15, 0.2) is 45.6 Å². The van der Waals surface area contributed by atoms with Gasteiger partial charge in [-0.3, -0.25) is 4.98 Å². The van der Waals surface area contributed by atoms with E-state index in [1.54, 1.807) is 12.5 Å². The third kappa shape index (κ3) is 2.67. The molecule has 1 unspecified atom stereocenters. The number of rotatable bonds is 3. The van der Waals surface area contributed by atoms with Crippen LogP contribution < -0.4 is 5.73 Å². The lowest BCUT2D eigenvalue weighted by Gasteiger charge is -2.08. The Labute approximate surface area is 96.4 Å². The highest BCUT2D eigenvalue weighted by Gasteiger charge is 2.09. The minimum Gasteiger partial charge on any atom is -0.469 e. The summed E-state index contributed by atoms with van der Waals surface area (Å²) in [4.78, 5) is 4.25. The molecule has 4 heteroatoms. The number of hydrogen-bond donors (Lipinski definition) is 1. The van der Waals surface area contributed by atoms with Crippen LogP contribution in [0, 0.1) is 0 Å². The molecule has 0 bridgehead atoms. The van der Waals surface area contributed by atoms with Crippen molar-refractivity contribution in [3.8, 4) is 0 Å². The van der Waals surface area contributed by atoms with E-state index < -0.39 is 0 Å². The summed E-state index contributed by atoms with van der Waals surface area (Å²) in [5.74, 6) is 0.882. The molecule has 0 radical (unpaired) electrons. The first-order chi connectivity index (χ1) is 7.25. The summed E-state index contributed by atoms with van der Waals surface area (Å²) in [6.45, 7) is 0. The number of aromatic nitrogens is 1. The van der Waals surface area contributed by atoms with Gasteiger partial charge in [-0.15, -0.1) is 0 Å². The molecule has 2 rings (SSSR count). The molecule has 0 amide bonds.